The van der Waals surface area contributed by atoms with Gasteiger partial charge in [0.2, 0.25) is 0 Å². The first-order chi connectivity index (χ1) is 7.78. The van der Waals surface area contributed by atoms with E-state index < -0.39 is 17.7 Å². The van der Waals surface area contributed by atoms with Crippen molar-refractivity contribution in [3.8, 4) is 0 Å². The summed E-state index contributed by atoms with van der Waals surface area (Å²) in [7, 11) is 0. The fraction of sp³-hybridized carbons (Fsp3) is 0.462. The number of nitrogen functional groups attached to an aromatic ring is 1. The van der Waals surface area contributed by atoms with Gasteiger partial charge in [0.15, 0.2) is 6.10 Å². The first kappa shape index (κ1) is 13.5. The minimum Gasteiger partial charge on any atom is -0.458 e. The zero-order valence-corrected chi connectivity index (χ0v) is 10.4. The first-order valence-corrected chi connectivity index (χ1v) is 5.53. The Morgan fingerprint density at radius 3 is 2.35 bits per heavy atom. The van der Waals surface area contributed by atoms with Crippen molar-refractivity contribution in [3.63, 3.8) is 0 Å². The van der Waals surface area contributed by atoms with Crippen LogP contribution in [0.4, 0.5) is 5.69 Å². The van der Waals surface area contributed by atoms with Crippen molar-refractivity contribution in [3.05, 3.63) is 29.8 Å². The van der Waals surface area contributed by atoms with Crippen molar-refractivity contribution in [2.45, 2.75) is 38.9 Å². The van der Waals surface area contributed by atoms with Crippen molar-refractivity contribution in [2.75, 3.05) is 5.73 Å². The predicted octanol–water partition coefficient (Wildman–Crippen LogP) is 1.51. The maximum atomic E-state index is 11.5. The number of carbonyl (C=O) groups is 1. The molecule has 4 heteroatoms. The standard InChI is InChI=1S/C13H19NO3/c1-13(2,3)17-12(16)11(15)8-9-4-6-10(14)7-5-9/h4-7,11,15H,8,14H2,1-3H3/t11-/m1/s1. The van der Waals surface area contributed by atoms with Crippen LogP contribution in [0.3, 0.4) is 0 Å². The van der Waals surface area contributed by atoms with E-state index >= 15 is 0 Å². The van der Waals surface area contributed by atoms with Gasteiger partial charge in [0.05, 0.1) is 0 Å². The minimum absolute atomic E-state index is 0.231. The molecule has 0 aliphatic heterocycles. The van der Waals surface area contributed by atoms with E-state index in [1.54, 1.807) is 45.0 Å². The zero-order chi connectivity index (χ0) is 13.1. The number of carbonyl (C=O) groups excluding carboxylic acids is 1. The first-order valence-electron chi connectivity index (χ1n) is 5.53. The normalized spacial score (nSPS) is 13.2. The topological polar surface area (TPSA) is 72.5 Å². The number of esters is 1. The molecule has 0 unspecified atom stereocenters. The number of hydrogen-bond acceptors (Lipinski definition) is 4. The lowest BCUT2D eigenvalue weighted by Gasteiger charge is -2.21. The molecule has 0 fully saturated rings. The highest BCUT2D eigenvalue weighted by molar-refractivity contribution is 5.75. The summed E-state index contributed by atoms with van der Waals surface area (Å²) in [5.74, 6) is -0.602. The number of aliphatic hydroxyl groups excluding tert-OH is 1. The van der Waals surface area contributed by atoms with Gasteiger partial charge in [0.1, 0.15) is 5.60 Å². The van der Waals surface area contributed by atoms with Crippen LogP contribution in [0.25, 0.3) is 0 Å². The van der Waals surface area contributed by atoms with E-state index in [9.17, 15) is 9.90 Å². The summed E-state index contributed by atoms with van der Waals surface area (Å²) in [4.78, 5) is 11.5. The molecule has 1 aromatic rings. The molecule has 0 spiro atoms. The largest absolute Gasteiger partial charge is 0.458 e. The Hall–Kier alpha value is -1.55. The van der Waals surface area contributed by atoms with Gasteiger partial charge in [-0.05, 0) is 38.5 Å². The number of hydrogen-bond donors (Lipinski definition) is 2. The van der Waals surface area contributed by atoms with E-state index in [0.29, 0.717) is 5.69 Å². The third-order valence-corrected chi connectivity index (χ3v) is 2.09. The quantitative estimate of drug-likeness (QED) is 0.617. The van der Waals surface area contributed by atoms with Crippen molar-refractivity contribution >= 4 is 11.7 Å². The van der Waals surface area contributed by atoms with Crippen LogP contribution in [-0.4, -0.2) is 22.8 Å². The lowest BCUT2D eigenvalue weighted by Crippen LogP contribution is -2.32. The summed E-state index contributed by atoms with van der Waals surface area (Å²) in [5.41, 5.74) is 6.46. The third-order valence-electron chi connectivity index (χ3n) is 2.09. The highest BCUT2D eigenvalue weighted by Crippen LogP contribution is 2.12. The second-order valence-electron chi connectivity index (χ2n) is 4.99. The molecule has 0 saturated carbocycles. The van der Waals surface area contributed by atoms with Gasteiger partial charge in [0, 0.05) is 12.1 Å². The number of rotatable bonds is 3. The van der Waals surface area contributed by atoms with Crippen LogP contribution in [0.2, 0.25) is 0 Å². The summed E-state index contributed by atoms with van der Waals surface area (Å²) < 4.78 is 5.08. The van der Waals surface area contributed by atoms with E-state index in [2.05, 4.69) is 0 Å². The van der Waals surface area contributed by atoms with E-state index in [0.717, 1.165) is 5.56 Å². The van der Waals surface area contributed by atoms with Crippen LogP contribution >= 0.6 is 0 Å². The molecule has 0 radical (unpaired) electrons. The third kappa shape index (κ3) is 4.87. The molecule has 3 N–H and O–H groups in total. The second kappa shape index (κ2) is 5.19. The SMILES string of the molecule is CC(C)(C)OC(=O)[C@H](O)Cc1ccc(N)cc1. The van der Waals surface area contributed by atoms with Crippen LogP contribution in [0, 0.1) is 0 Å². The molecule has 0 saturated heterocycles. The molecule has 0 heterocycles. The van der Waals surface area contributed by atoms with Crippen LogP contribution in [-0.2, 0) is 16.0 Å². The van der Waals surface area contributed by atoms with Gasteiger partial charge in [-0.2, -0.15) is 0 Å². The maximum Gasteiger partial charge on any atom is 0.335 e. The summed E-state index contributed by atoms with van der Waals surface area (Å²) >= 11 is 0. The Morgan fingerprint density at radius 1 is 1.35 bits per heavy atom. The molecule has 0 aliphatic rings. The zero-order valence-electron chi connectivity index (χ0n) is 10.4. The lowest BCUT2D eigenvalue weighted by molar-refractivity contribution is -0.164. The highest BCUT2D eigenvalue weighted by atomic mass is 16.6. The fourth-order valence-electron chi connectivity index (χ4n) is 1.33. The van der Waals surface area contributed by atoms with Crippen LogP contribution in [0.15, 0.2) is 24.3 Å². The predicted molar refractivity (Wildman–Crippen MR) is 66.4 cm³/mol. The average molecular weight is 237 g/mol. The monoisotopic (exact) mass is 237 g/mol. The van der Waals surface area contributed by atoms with Crippen LogP contribution < -0.4 is 5.73 Å². The van der Waals surface area contributed by atoms with Gasteiger partial charge >= 0.3 is 5.97 Å². The van der Waals surface area contributed by atoms with E-state index in [1.807, 2.05) is 0 Å². The summed E-state index contributed by atoms with van der Waals surface area (Å²) in [6.45, 7) is 5.29. The summed E-state index contributed by atoms with van der Waals surface area (Å²) in [6, 6.07) is 7.03. The molecule has 1 rings (SSSR count). The van der Waals surface area contributed by atoms with Crippen LogP contribution in [0.5, 0.6) is 0 Å². The summed E-state index contributed by atoms with van der Waals surface area (Å²) in [6.07, 6.45) is -0.910. The van der Waals surface area contributed by atoms with E-state index in [1.165, 1.54) is 0 Å². The van der Waals surface area contributed by atoms with Crippen molar-refractivity contribution in [1.29, 1.82) is 0 Å². The molecule has 17 heavy (non-hydrogen) atoms. The Bertz CT molecular complexity index is 379. The van der Waals surface area contributed by atoms with Crippen LogP contribution in [0.1, 0.15) is 26.3 Å². The number of anilines is 1. The molecule has 0 bridgehead atoms. The maximum absolute atomic E-state index is 11.5. The lowest BCUT2D eigenvalue weighted by atomic mass is 10.1. The molecule has 4 nitrogen and oxygen atoms in total. The number of nitrogens with two attached hydrogens (primary N) is 1. The van der Waals surface area contributed by atoms with Gasteiger partial charge in [0.25, 0.3) is 0 Å². The van der Waals surface area contributed by atoms with Gasteiger partial charge in [-0.3, -0.25) is 0 Å². The van der Waals surface area contributed by atoms with Gasteiger partial charge in [-0.1, -0.05) is 12.1 Å². The molecule has 0 aromatic heterocycles. The summed E-state index contributed by atoms with van der Waals surface area (Å²) in [5, 5.41) is 9.70. The second-order valence-corrected chi connectivity index (χ2v) is 4.99. The number of benzene rings is 1. The fourth-order valence-corrected chi connectivity index (χ4v) is 1.33. The Morgan fingerprint density at radius 2 is 1.88 bits per heavy atom. The van der Waals surface area contributed by atoms with E-state index in [4.69, 9.17) is 10.5 Å². The highest BCUT2D eigenvalue weighted by Gasteiger charge is 2.23. The molecule has 0 amide bonds. The molecule has 94 valence electrons. The molecule has 1 aromatic carbocycles. The molecule has 0 aliphatic carbocycles. The average Bonchev–Trinajstić information content (AvgIpc) is 2.19. The van der Waals surface area contributed by atoms with Crippen molar-refractivity contribution in [2.24, 2.45) is 0 Å². The van der Waals surface area contributed by atoms with E-state index in [-0.39, 0.29) is 6.42 Å². The number of ether oxygens (including phenoxy) is 1. The van der Waals surface area contributed by atoms with Crippen molar-refractivity contribution in [1.82, 2.24) is 0 Å². The van der Waals surface area contributed by atoms with Crippen molar-refractivity contribution < 1.29 is 14.6 Å². The molecular formula is C13H19NO3. The number of aliphatic hydroxyl groups is 1. The smallest absolute Gasteiger partial charge is 0.335 e. The Balaban J connectivity index is 2.57. The van der Waals surface area contributed by atoms with Gasteiger partial charge in [-0.15, -0.1) is 0 Å². The minimum atomic E-state index is -1.14. The Kier molecular flexibility index (Phi) is 4.12. The molecular weight excluding hydrogens is 218 g/mol. The Labute approximate surface area is 101 Å². The molecule has 1 atom stereocenters. The van der Waals surface area contributed by atoms with Gasteiger partial charge in [-0.25, -0.2) is 4.79 Å². The van der Waals surface area contributed by atoms with Gasteiger partial charge < -0.3 is 15.6 Å².